The molecular weight excluding hydrogens is 901 g/mol. The summed E-state index contributed by atoms with van der Waals surface area (Å²) < 4.78 is 23.6. The summed E-state index contributed by atoms with van der Waals surface area (Å²) >= 11 is 0. The molecule has 0 saturated carbocycles. The van der Waals surface area contributed by atoms with Crippen LogP contribution in [0.1, 0.15) is 86.0 Å². The van der Waals surface area contributed by atoms with Crippen LogP contribution >= 0.6 is 0 Å². The Morgan fingerprint density at radius 1 is 0.725 bits per heavy atom. The number of rotatable bonds is 5. The number of hydrogen-bond acceptors (Lipinski definition) is 18. The Morgan fingerprint density at radius 3 is 1.90 bits per heavy atom. The third-order valence-electron chi connectivity index (χ3n) is 12.7. The summed E-state index contributed by atoms with van der Waals surface area (Å²) in [6.45, 7) is 7.88. The molecule has 3 aliphatic heterocycles. The van der Waals surface area contributed by atoms with E-state index in [9.17, 15) is 65.8 Å². The molecule has 0 aromatic heterocycles. The summed E-state index contributed by atoms with van der Waals surface area (Å²) in [5.74, 6) is -5.85. The minimum Gasteiger partial charge on any atom is -0.462 e. The van der Waals surface area contributed by atoms with Crippen molar-refractivity contribution in [3.05, 3.63) is 85.1 Å². The van der Waals surface area contributed by atoms with Crippen LogP contribution in [0.25, 0.3) is 0 Å². The number of aliphatic hydroxyl groups is 11. The van der Waals surface area contributed by atoms with Gasteiger partial charge >= 0.3 is 5.97 Å². The van der Waals surface area contributed by atoms with E-state index in [4.69, 9.17) is 24.7 Å². The van der Waals surface area contributed by atoms with Crippen molar-refractivity contribution in [3.8, 4) is 0 Å². The lowest BCUT2D eigenvalue weighted by molar-refractivity contribution is -0.307. The molecule has 392 valence electrons. The van der Waals surface area contributed by atoms with E-state index in [0.29, 0.717) is 0 Å². The second-order valence-electron chi connectivity index (χ2n) is 18.8. The monoisotopic (exact) mass is 981 g/mol. The predicted molar refractivity (Wildman–Crippen MR) is 254 cm³/mol. The lowest BCUT2D eigenvalue weighted by atomic mass is 9.82. The van der Waals surface area contributed by atoms with Crippen LogP contribution in [-0.4, -0.2) is 178 Å². The molecule has 0 aromatic rings. The first kappa shape index (κ1) is 59.8. The highest BCUT2D eigenvalue weighted by Crippen LogP contribution is 2.38. The zero-order valence-corrected chi connectivity index (χ0v) is 40.4. The summed E-state index contributed by atoms with van der Waals surface area (Å²) in [7, 11) is 0. The fourth-order valence-electron chi connectivity index (χ4n) is 8.37. The quantitative estimate of drug-likeness (QED) is 0.163. The SMILES string of the molecule is CC(CO)NC(=O)[C@H]1[C@@H]2C[C@@H](O[C@@H]3O[C@H](C)[C@@H](O)[C@H](N)[C@@H]3O)/C=C/C=C/C=C/C=C/C=C/C=C/C=C/[C@H](C)[C@@H](O)[C@@H](C)[C@H](C)OC(=O)C[C@H](O)C[C@H](O)CC[C@@H](O)[C@H](O)C[C@H](O)C[C@](O)(C[C@@H]1O)O2. The van der Waals surface area contributed by atoms with Gasteiger partial charge in [0.05, 0.1) is 92.1 Å². The summed E-state index contributed by atoms with van der Waals surface area (Å²) in [6, 6.07) is -1.87. The van der Waals surface area contributed by atoms with Crippen molar-refractivity contribution in [1.82, 2.24) is 5.32 Å². The Balaban J connectivity index is 1.93. The number of esters is 1. The first-order valence-corrected chi connectivity index (χ1v) is 23.9. The fraction of sp³-hybridized carbons (Fsp3) is 0.680. The van der Waals surface area contributed by atoms with E-state index in [1.54, 1.807) is 81.5 Å². The molecule has 0 radical (unpaired) electrons. The van der Waals surface area contributed by atoms with Gasteiger partial charge in [-0.25, -0.2) is 0 Å². The normalized spacial score (nSPS) is 44.0. The number of cyclic esters (lactones) is 1. The van der Waals surface area contributed by atoms with E-state index in [1.165, 1.54) is 6.92 Å². The molecule has 3 rings (SSSR count). The number of hydrogen-bond donors (Lipinski definition) is 13. The minimum atomic E-state index is -2.30. The van der Waals surface area contributed by atoms with Gasteiger partial charge in [0.2, 0.25) is 5.91 Å². The third kappa shape index (κ3) is 20.3. The highest BCUT2D eigenvalue weighted by atomic mass is 16.7. The van der Waals surface area contributed by atoms with Crippen LogP contribution in [0.4, 0.5) is 0 Å². The number of nitrogens with one attached hydrogen (secondary N) is 1. The fourth-order valence-corrected chi connectivity index (χ4v) is 8.37. The van der Waals surface area contributed by atoms with Gasteiger partial charge < -0.3 is 86.2 Å². The van der Waals surface area contributed by atoms with Crippen LogP contribution in [0.3, 0.4) is 0 Å². The summed E-state index contributed by atoms with van der Waals surface area (Å²) in [6.07, 6.45) is 4.08. The molecule has 20 atom stereocenters. The van der Waals surface area contributed by atoms with Crippen LogP contribution in [0.5, 0.6) is 0 Å². The van der Waals surface area contributed by atoms with Gasteiger partial charge in [-0.15, -0.1) is 0 Å². The minimum absolute atomic E-state index is 0.105. The van der Waals surface area contributed by atoms with Gasteiger partial charge in [0.25, 0.3) is 0 Å². The van der Waals surface area contributed by atoms with Crippen molar-refractivity contribution in [2.75, 3.05) is 6.61 Å². The van der Waals surface area contributed by atoms with E-state index < -0.39 is 160 Å². The Kier molecular flexibility index (Phi) is 25.8. The summed E-state index contributed by atoms with van der Waals surface area (Å²) in [4.78, 5) is 26.3. The topological polar surface area (TPSA) is 332 Å². The van der Waals surface area contributed by atoms with Gasteiger partial charge in [0, 0.05) is 43.6 Å². The van der Waals surface area contributed by atoms with Crippen molar-refractivity contribution in [3.63, 3.8) is 0 Å². The predicted octanol–water partition coefficient (Wildman–Crippen LogP) is 0.124. The van der Waals surface area contributed by atoms with E-state index in [1.807, 2.05) is 31.2 Å². The van der Waals surface area contributed by atoms with Crippen molar-refractivity contribution in [1.29, 1.82) is 0 Å². The molecule has 19 heteroatoms. The smallest absolute Gasteiger partial charge is 0.308 e. The largest absolute Gasteiger partial charge is 0.462 e. The third-order valence-corrected chi connectivity index (χ3v) is 12.7. The van der Waals surface area contributed by atoms with Gasteiger partial charge in [0.15, 0.2) is 12.1 Å². The second-order valence-corrected chi connectivity index (χ2v) is 18.8. The van der Waals surface area contributed by atoms with E-state index in [0.717, 1.165) is 0 Å². The molecule has 1 amide bonds. The maximum atomic E-state index is 13.7. The van der Waals surface area contributed by atoms with Crippen LogP contribution in [-0.2, 0) is 28.5 Å². The first-order chi connectivity index (χ1) is 32.5. The lowest BCUT2D eigenvalue weighted by Crippen LogP contribution is -2.62. The highest BCUT2D eigenvalue weighted by molar-refractivity contribution is 5.80. The number of ether oxygens (including phenoxy) is 4. The second kappa shape index (κ2) is 29.8. The maximum absolute atomic E-state index is 13.7. The van der Waals surface area contributed by atoms with Crippen molar-refractivity contribution in [2.24, 2.45) is 23.5 Å². The molecule has 0 spiro atoms. The van der Waals surface area contributed by atoms with Gasteiger partial charge in [-0.3, -0.25) is 9.59 Å². The van der Waals surface area contributed by atoms with Gasteiger partial charge in [-0.1, -0.05) is 98.9 Å². The van der Waals surface area contributed by atoms with Crippen LogP contribution in [0, 0.1) is 17.8 Å². The number of amides is 1. The zero-order valence-electron chi connectivity index (χ0n) is 40.4. The number of carbonyl (C=O) groups is 2. The van der Waals surface area contributed by atoms with Crippen LogP contribution in [0.2, 0.25) is 0 Å². The number of allylic oxidation sites excluding steroid dienone is 12. The number of fused-ring (bicyclic) bond motifs is 2. The average molecular weight is 981 g/mol. The molecule has 1 unspecified atom stereocenters. The van der Waals surface area contributed by atoms with Gasteiger partial charge in [-0.05, 0) is 40.0 Å². The average Bonchev–Trinajstić information content (AvgIpc) is 3.27. The Morgan fingerprint density at radius 2 is 1.30 bits per heavy atom. The molecule has 2 bridgehead atoms. The molecular formula is C50H80N2O17. The van der Waals surface area contributed by atoms with Gasteiger partial charge in [0.1, 0.15) is 12.2 Å². The highest BCUT2D eigenvalue weighted by Gasteiger charge is 2.51. The number of aliphatic hydroxyl groups excluding tert-OH is 10. The van der Waals surface area contributed by atoms with E-state index >= 15 is 0 Å². The Bertz CT molecular complexity index is 1760. The standard InChI is InChI=1S/C50H80N2O17/c1-29-18-16-14-12-10-8-6-7-9-11-13-15-17-19-37(68-49-47(63)44(51)46(62)33(5)67-49)25-41-43(48(64)52-30(2)28-53)40(59)27-50(65,69-41)26-36(56)23-39(58)38(57)21-20-34(54)22-35(55)24-42(60)66-32(4)31(3)45(29)61/h6-19,29-41,43-47,49,53-59,61-63,65H,20-28,51H2,1-5H3,(H,52,64)/b7-6+,10-8+,11-9+,14-12+,15-13+,18-16+,19-17+/t29-,30?,31-,32-,33+,34+,35+,36-,37-,38+,39+,40-,41-,43+,44-,45+,46+,47-,49-,50+/m0/s1. The van der Waals surface area contributed by atoms with Crippen LogP contribution < -0.4 is 11.1 Å². The maximum Gasteiger partial charge on any atom is 0.308 e. The van der Waals surface area contributed by atoms with E-state index in [-0.39, 0.29) is 31.6 Å². The van der Waals surface area contributed by atoms with Crippen molar-refractivity contribution < 1.29 is 84.7 Å². The molecule has 69 heavy (non-hydrogen) atoms. The Labute approximate surface area is 405 Å². The molecule has 0 aromatic carbocycles. The molecule has 0 aliphatic carbocycles. The summed E-state index contributed by atoms with van der Waals surface area (Å²) in [5, 5.41) is 122. The Hall–Kier alpha value is -3.48. The molecule has 19 nitrogen and oxygen atoms in total. The molecule has 14 N–H and O–H groups in total. The number of nitrogens with two attached hydrogens (primary N) is 1. The van der Waals surface area contributed by atoms with Crippen LogP contribution in [0.15, 0.2) is 85.1 Å². The lowest BCUT2D eigenvalue weighted by Gasteiger charge is -2.46. The number of carbonyl (C=O) groups excluding carboxylic acids is 2. The van der Waals surface area contributed by atoms with Gasteiger partial charge in [-0.2, -0.15) is 0 Å². The van der Waals surface area contributed by atoms with Crippen molar-refractivity contribution >= 4 is 11.9 Å². The van der Waals surface area contributed by atoms with E-state index in [2.05, 4.69) is 5.32 Å². The first-order valence-electron chi connectivity index (χ1n) is 23.9. The zero-order chi connectivity index (χ0) is 51.4. The summed E-state index contributed by atoms with van der Waals surface area (Å²) in [5.41, 5.74) is 6.08. The molecule has 2 saturated heterocycles. The molecule has 3 aliphatic rings. The molecule has 3 heterocycles. The van der Waals surface area contributed by atoms with Crippen molar-refractivity contribution in [2.45, 2.75) is 189 Å². The molecule has 2 fully saturated rings.